The van der Waals surface area contributed by atoms with Crippen LogP contribution in [0.1, 0.15) is 5.69 Å². The van der Waals surface area contributed by atoms with Crippen molar-refractivity contribution in [2.24, 2.45) is 0 Å². The monoisotopic (exact) mass is 341 g/mol. The van der Waals surface area contributed by atoms with Crippen molar-refractivity contribution in [1.82, 2.24) is 4.98 Å². The highest BCUT2D eigenvalue weighted by molar-refractivity contribution is 6.45. The number of hydrogen-bond acceptors (Lipinski definition) is 2. The molecule has 0 bridgehead atoms. The topological polar surface area (TPSA) is 33.1 Å². The highest BCUT2D eigenvalue weighted by Gasteiger charge is 2.36. The minimum Gasteiger partial charge on any atom is -0.506 e. The van der Waals surface area contributed by atoms with E-state index in [9.17, 15) is 18.3 Å². The van der Waals surface area contributed by atoms with Gasteiger partial charge in [0, 0.05) is 10.6 Å². The van der Waals surface area contributed by atoms with E-state index in [1.165, 1.54) is 18.2 Å². The van der Waals surface area contributed by atoms with E-state index in [1.54, 1.807) is 0 Å². The Morgan fingerprint density at radius 2 is 1.70 bits per heavy atom. The van der Waals surface area contributed by atoms with Crippen LogP contribution in [0.2, 0.25) is 15.1 Å². The van der Waals surface area contributed by atoms with Crippen LogP contribution in [0.4, 0.5) is 13.2 Å². The third kappa shape index (κ3) is 2.95. The first-order valence-electron chi connectivity index (χ1n) is 5.12. The smallest absolute Gasteiger partial charge is 0.437 e. The number of pyridine rings is 1. The normalized spacial score (nSPS) is 11.7. The average molecular weight is 343 g/mol. The maximum absolute atomic E-state index is 12.7. The highest BCUT2D eigenvalue weighted by atomic mass is 35.5. The Bertz CT molecular complexity index is 674. The van der Waals surface area contributed by atoms with Crippen LogP contribution in [-0.4, -0.2) is 10.1 Å². The van der Waals surface area contributed by atoms with Crippen molar-refractivity contribution in [2.75, 3.05) is 0 Å². The third-order valence-corrected chi connectivity index (χ3v) is 3.43. The van der Waals surface area contributed by atoms with Gasteiger partial charge in [0.2, 0.25) is 0 Å². The second kappa shape index (κ2) is 5.31. The van der Waals surface area contributed by atoms with Crippen LogP contribution in [0.15, 0.2) is 24.3 Å². The number of aromatic hydroxyl groups is 1. The van der Waals surface area contributed by atoms with Crippen LogP contribution < -0.4 is 0 Å². The Morgan fingerprint density at radius 3 is 2.30 bits per heavy atom. The SMILES string of the molecule is Oc1ccc(-c2cc(Cl)cc(Cl)c2Cl)nc1C(F)(F)F. The molecule has 0 fully saturated rings. The van der Waals surface area contributed by atoms with Gasteiger partial charge < -0.3 is 5.11 Å². The Balaban J connectivity index is 2.66. The summed E-state index contributed by atoms with van der Waals surface area (Å²) in [6, 6.07) is 4.78. The van der Waals surface area contributed by atoms with Gasteiger partial charge in [-0.15, -0.1) is 0 Å². The van der Waals surface area contributed by atoms with Crippen LogP contribution in [0, 0.1) is 0 Å². The fraction of sp³-hybridized carbons (Fsp3) is 0.0833. The first kappa shape index (κ1) is 15.2. The molecule has 0 spiro atoms. The number of benzene rings is 1. The lowest BCUT2D eigenvalue weighted by molar-refractivity contribution is -0.142. The van der Waals surface area contributed by atoms with Crippen LogP contribution in [-0.2, 0) is 6.18 Å². The van der Waals surface area contributed by atoms with E-state index in [-0.39, 0.29) is 26.3 Å². The molecule has 106 valence electrons. The average Bonchev–Trinajstić information content (AvgIpc) is 2.33. The molecule has 0 amide bonds. The molecule has 2 nitrogen and oxygen atoms in total. The quantitative estimate of drug-likeness (QED) is 0.701. The molecule has 1 N–H and O–H groups in total. The number of aromatic nitrogens is 1. The first-order chi connectivity index (χ1) is 9.20. The van der Waals surface area contributed by atoms with E-state index in [0.29, 0.717) is 0 Å². The molecule has 0 aliphatic heterocycles. The van der Waals surface area contributed by atoms with Gasteiger partial charge in [0.25, 0.3) is 0 Å². The lowest BCUT2D eigenvalue weighted by Gasteiger charge is -2.11. The molecule has 0 aliphatic carbocycles. The molecule has 20 heavy (non-hydrogen) atoms. The van der Waals surface area contributed by atoms with E-state index in [4.69, 9.17) is 34.8 Å². The van der Waals surface area contributed by atoms with Crippen LogP contribution in [0.5, 0.6) is 5.75 Å². The maximum Gasteiger partial charge on any atom is 0.437 e. The van der Waals surface area contributed by atoms with Crippen LogP contribution in [0.3, 0.4) is 0 Å². The molecule has 0 unspecified atom stereocenters. The van der Waals surface area contributed by atoms with E-state index in [2.05, 4.69) is 4.98 Å². The van der Waals surface area contributed by atoms with E-state index in [1.807, 2.05) is 0 Å². The summed E-state index contributed by atoms with van der Waals surface area (Å²) >= 11 is 17.5. The van der Waals surface area contributed by atoms with Crippen molar-refractivity contribution < 1.29 is 18.3 Å². The summed E-state index contributed by atoms with van der Waals surface area (Å²) < 4.78 is 38.1. The van der Waals surface area contributed by atoms with Crippen molar-refractivity contribution in [3.8, 4) is 17.0 Å². The van der Waals surface area contributed by atoms with Gasteiger partial charge in [0.15, 0.2) is 5.69 Å². The second-order valence-electron chi connectivity index (χ2n) is 3.81. The molecule has 1 heterocycles. The zero-order valence-corrected chi connectivity index (χ0v) is 11.7. The lowest BCUT2D eigenvalue weighted by Crippen LogP contribution is -2.08. The largest absolute Gasteiger partial charge is 0.506 e. The summed E-state index contributed by atoms with van der Waals surface area (Å²) in [6.07, 6.45) is -4.78. The van der Waals surface area contributed by atoms with Crippen molar-refractivity contribution in [3.63, 3.8) is 0 Å². The first-order valence-corrected chi connectivity index (χ1v) is 6.25. The fourth-order valence-corrected chi connectivity index (χ4v) is 2.25. The number of hydrogen-bond donors (Lipinski definition) is 1. The van der Waals surface area contributed by atoms with Gasteiger partial charge in [0.05, 0.1) is 15.7 Å². The van der Waals surface area contributed by atoms with Gasteiger partial charge in [-0.1, -0.05) is 34.8 Å². The van der Waals surface area contributed by atoms with E-state index >= 15 is 0 Å². The Hall–Kier alpha value is -1.17. The van der Waals surface area contributed by atoms with Crippen LogP contribution in [0.25, 0.3) is 11.3 Å². The lowest BCUT2D eigenvalue weighted by atomic mass is 10.1. The standard InChI is InChI=1S/C12H5Cl3F3NO/c13-5-3-6(10(15)7(14)4-5)8-1-2-9(20)11(19-8)12(16,17)18/h1-4,20H. The number of rotatable bonds is 1. The molecule has 2 rings (SSSR count). The highest BCUT2D eigenvalue weighted by Crippen LogP contribution is 2.39. The Morgan fingerprint density at radius 1 is 1.05 bits per heavy atom. The molecule has 0 atom stereocenters. The summed E-state index contributed by atoms with van der Waals surface area (Å²) in [5.74, 6) is -0.967. The van der Waals surface area contributed by atoms with Crippen molar-refractivity contribution in [1.29, 1.82) is 0 Å². The van der Waals surface area contributed by atoms with Gasteiger partial charge in [-0.3, -0.25) is 0 Å². The molecule has 1 aromatic heterocycles. The number of alkyl halides is 3. The second-order valence-corrected chi connectivity index (χ2v) is 5.03. The van der Waals surface area contributed by atoms with Gasteiger partial charge in [-0.25, -0.2) is 4.98 Å². The summed E-state index contributed by atoms with van der Waals surface area (Å²) in [5, 5.41) is 9.56. The zero-order valence-electron chi connectivity index (χ0n) is 9.47. The maximum atomic E-state index is 12.7. The molecule has 8 heteroatoms. The van der Waals surface area contributed by atoms with Gasteiger partial charge in [-0.2, -0.15) is 13.2 Å². The van der Waals surface area contributed by atoms with Crippen molar-refractivity contribution in [3.05, 3.63) is 45.0 Å². The molecule has 0 saturated carbocycles. The van der Waals surface area contributed by atoms with E-state index < -0.39 is 17.6 Å². The minimum absolute atomic E-state index is 0.0300. The summed E-state index contributed by atoms with van der Waals surface area (Å²) in [6.45, 7) is 0. The van der Waals surface area contributed by atoms with Gasteiger partial charge >= 0.3 is 6.18 Å². The molecule has 2 aromatic rings. The Labute approximate surface area is 126 Å². The van der Waals surface area contributed by atoms with Gasteiger partial charge in [-0.05, 0) is 24.3 Å². The van der Waals surface area contributed by atoms with Crippen molar-refractivity contribution >= 4 is 34.8 Å². The van der Waals surface area contributed by atoms with Gasteiger partial charge in [0.1, 0.15) is 5.75 Å². The zero-order chi connectivity index (χ0) is 15.1. The molecule has 0 radical (unpaired) electrons. The number of nitrogens with zero attached hydrogens (tertiary/aromatic N) is 1. The van der Waals surface area contributed by atoms with Crippen LogP contribution >= 0.6 is 34.8 Å². The fourth-order valence-electron chi connectivity index (χ4n) is 1.55. The van der Waals surface area contributed by atoms with Crippen molar-refractivity contribution in [2.45, 2.75) is 6.18 Å². The van der Waals surface area contributed by atoms with E-state index in [0.717, 1.165) is 6.07 Å². The molecule has 0 aliphatic rings. The summed E-state index contributed by atoms with van der Waals surface area (Å²) in [5.41, 5.74) is -1.35. The molecular weight excluding hydrogens is 337 g/mol. The summed E-state index contributed by atoms with van der Waals surface area (Å²) in [7, 11) is 0. The molecule has 0 saturated heterocycles. The third-order valence-electron chi connectivity index (χ3n) is 2.41. The molecule has 1 aromatic carbocycles. The molecular formula is C12H5Cl3F3NO. The minimum atomic E-state index is -4.78. The predicted molar refractivity (Wildman–Crippen MR) is 71.4 cm³/mol. The Kier molecular flexibility index (Phi) is 4.04. The number of halogens is 6. The predicted octanol–water partition coefficient (Wildman–Crippen LogP) is 5.43. The summed E-state index contributed by atoms with van der Waals surface area (Å²) in [4.78, 5) is 3.38.